The van der Waals surface area contributed by atoms with E-state index in [0.717, 1.165) is 82.9 Å². The minimum absolute atomic E-state index is 0.0754. The van der Waals surface area contributed by atoms with Crippen LogP contribution in [-0.4, -0.2) is 65.1 Å². The van der Waals surface area contributed by atoms with Crippen molar-refractivity contribution >= 4 is 6.03 Å². The van der Waals surface area contributed by atoms with Gasteiger partial charge < -0.3 is 25.3 Å². The number of aliphatic hydroxyl groups excluding tert-OH is 1. The minimum Gasteiger partial charge on any atom is -0.431 e. The van der Waals surface area contributed by atoms with Crippen LogP contribution in [0.15, 0.2) is 27.6 Å². The van der Waals surface area contributed by atoms with Gasteiger partial charge >= 0.3 is 11.7 Å². The Kier molecular flexibility index (Phi) is 7.12. The van der Waals surface area contributed by atoms with Gasteiger partial charge in [-0.25, -0.2) is 9.59 Å². The fraction of sp³-hybridized carbons (Fsp3) is 0.806. The normalized spacial score (nSPS) is 43.8. The smallest absolute Gasteiger partial charge is 0.335 e. The Bertz CT molecular complexity index is 1110. The van der Waals surface area contributed by atoms with E-state index in [1.54, 1.807) is 6.26 Å². The van der Waals surface area contributed by atoms with E-state index in [2.05, 4.69) is 29.4 Å². The van der Waals surface area contributed by atoms with Gasteiger partial charge in [-0.2, -0.15) is 0 Å². The summed E-state index contributed by atoms with van der Waals surface area (Å²) in [6, 6.07) is 3.54. The zero-order chi connectivity index (χ0) is 27.4. The third-order valence-corrected chi connectivity index (χ3v) is 12.3. The lowest BCUT2D eigenvalue weighted by molar-refractivity contribution is -0.201. The molecule has 5 fully saturated rings. The maximum absolute atomic E-state index is 12.6. The Morgan fingerprint density at radius 3 is 2.67 bits per heavy atom. The van der Waals surface area contributed by atoms with Crippen molar-refractivity contribution in [2.24, 2.45) is 28.6 Å². The van der Waals surface area contributed by atoms with Crippen LogP contribution in [0.3, 0.4) is 0 Å². The molecular formula is C31H47N3O5. The maximum Gasteiger partial charge on any atom is 0.335 e. The Hall–Kier alpha value is -1.90. The van der Waals surface area contributed by atoms with Gasteiger partial charge in [-0.05, 0) is 105 Å². The van der Waals surface area contributed by atoms with Gasteiger partial charge in [0.05, 0.1) is 18.0 Å². The van der Waals surface area contributed by atoms with Gasteiger partial charge in [0.25, 0.3) is 0 Å². The number of aliphatic hydroxyl groups is 2. The van der Waals surface area contributed by atoms with Gasteiger partial charge in [0.15, 0.2) is 0 Å². The lowest BCUT2D eigenvalue weighted by atomic mass is 9.43. The van der Waals surface area contributed by atoms with Crippen molar-refractivity contribution in [3.8, 4) is 0 Å². The van der Waals surface area contributed by atoms with Crippen molar-refractivity contribution in [1.29, 1.82) is 0 Å². The Morgan fingerprint density at radius 1 is 1.08 bits per heavy atom. The number of likely N-dealkylation sites (tertiary alicyclic amines) is 1. The average Bonchev–Trinajstić information content (AvgIpc) is 3.44. The number of rotatable bonds is 5. The molecule has 4 saturated carbocycles. The number of β-amino-alcohol motifs (C(OH)–C–C–N with tert-alkyl or cyclic N) is 1. The molecule has 0 bridgehead atoms. The van der Waals surface area contributed by atoms with Crippen molar-refractivity contribution in [2.75, 3.05) is 26.2 Å². The van der Waals surface area contributed by atoms with E-state index < -0.39 is 5.60 Å². The highest BCUT2D eigenvalue weighted by molar-refractivity contribution is 5.74. The maximum atomic E-state index is 12.6. The van der Waals surface area contributed by atoms with E-state index >= 15 is 0 Å². The van der Waals surface area contributed by atoms with Crippen molar-refractivity contribution in [2.45, 2.75) is 102 Å². The second-order valence-corrected chi connectivity index (χ2v) is 14.0. The molecule has 1 aliphatic heterocycles. The number of carbonyl (C=O) groups is 1. The third kappa shape index (κ3) is 4.64. The quantitative estimate of drug-likeness (QED) is 0.453. The molecule has 2 heterocycles. The monoisotopic (exact) mass is 541 g/mol. The van der Waals surface area contributed by atoms with Crippen LogP contribution in [0.4, 0.5) is 4.79 Å². The summed E-state index contributed by atoms with van der Waals surface area (Å²) in [4.78, 5) is 26.4. The molecule has 8 nitrogen and oxygen atoms in total. The van der Waals surface area contributed by atoms with Crippen LogP contribution in [-0.2, 0) is 0 Å². The highest BCUT2D eigenvalue weighted by Gasteiger charge is 2.67. The van der Waals surface area contributed by atoms with Crippen LogP contribution in [0.25, 0.3) is 0 Å². The molecule has 4 aliphatic carbocycles. The van der Waals surface area contributed by atoms with E-state index in [-0.39, 0.29) is 40.6 Å². The predicted octanol–water partition coefficient (Wildman–Crippen LogP) is 3.62. The fourth-order valence-corrected chi connectivity index (χ4v) is 10.0. The van der Waals surface area contributed by atoms with E-state index in [4.69, 9.17) is 4.42 Å². The van der Waals surface area contributed by atoms with Crippen LogP contribution in [0.1, 0.15) is 89.5 Å². The van der Waals surface area contributed by atoms with Crippen molar-refractivity contribution in [3.05, 3.63) is 34.4 Å². The molecule has 6 rings (SSSR count). The number of nitrogens with one attached hydrogen (secondary N) is 2. The van der Waals surface area contributed by atoms with Crippen LogP contribution in [0.2, 0.25) is 0 Å². The summed E-state index contributed by atoms with van der Waals surface area (Å²) < 4.78 is 5.22. The van der Waals surface area contributed by atoms with E-state index in [1.807, 2.05) is 6.07 Å². The van der Waals surface area contributed by atoms with Gasteiger partial charge in [0, 0.05) is 43.7 Å². The third-order valence-electron chi connectivity index (χ3n) is 12.3. The minimum atomic E-state index is -0.689. The Morgan fingerprint density at radius 2 is 1.92 bits per heavy atom. The molecule has 2 amide bonds. The molecule has 1 aromatic rings. The van der Waals surface area contributed by atoms with Gasteiger partial charge in [0.2, 0.25) is 0 Å². The summed E-state index contributed by atoms with van der Waals surface area (Å²) in [5.74, 6) is 1.59. The number of hydrogen-bond acceptors (Lipinski definition) is 6. The lowest BCUT2D eigenvalue weighted by Gasteiger charge is -2.63. The average molecular weight is 542 g/mol. The van der Waals surface area contributed by atoms with E-state index in [0.29, 0.717) is 30.8 Å². The summed E-state index contributed by atoms with van der Waals surface area (Å²) >= 11 is 0. The number of urea groups is 1. The van der Waals surface area contributed by atoms with Gasteiger partial charge in [-0.3, -0.25) is 4.90 Å². The topological polar surface area (TPSA) is 115 Å². The molecule has 216 valence electrons. The van der Waals surface area contributed by atoms with Crippen LogP contribution >= 0.6 is 0 Å². The largest absolute Gasteiger partial charge is 0.431 e. The number of amides is 2. The van der Waals surface area contributed by atoms with Gasteiger partial charge in [-0.15, -0.1) is 0 Å². The molecule has 5 aliphatic rings. The molecule has 0 spiro atoms. The SMILES string of the molecule is CC12CC[C@H](NC(=O)NCCN3CC[C@H](O)C3)C[C@H]1CC[C@@H]1[C@@H]2CCC2(C)[C@@H](c3ccc(=O)oc3)CC[C@]12O. The second-order valence-electron chi connectivity index (χ2n) is 14.0. The van der Waals surface area contributed by atoms with Crippen LogP contribution in [0, 0.1) is 28.6 Å². The lowest BCUT2D eigenvalue weighted by Crippen LogP contribution is -2.62. The predicted molar refractivity (Wildman–Crippen MR) is 148 cm³/mol. The zero-order valence-electron chi connectivity index (χ0n) is 23.7. The summed E-state index contributed by atoms with van der Waals surface area (Å²) in [5.41, 5.74) is 0.0293. The number of carbonyl (C=O) groups excluding carboxylic acids is 1. The van der Waals surface area contributed by atoms with Crippen molar-refractivity contribution < 1.29 is 19.4 Å². The standard InChI is InChI=1S/C31H47N3O5/c1-29-11-7-22(33-28(37)32-14-16-34-15-10-23(35)18-34)17-21(29)4-5-26-25(29)8-12-30(2)24(9-13-31(26,30)38)20-3-6-27(36)39-19-20/h3,6,19,21-26,35,38H,4-5,7-18H2,1-2H3,(H2,32,33,37)/t21-,22+,23+,24-,25+,26-,29?,30?,31+/m1/s1. The fourth-order valence-electron chi connectivity index (χ4n) is 10.0. The number of hydrogen-bond donors (Lipinski definition) is 4. The van der Waals surface area contributed by atoms with Gasteiger partial charge in [0.1, 0.15) is 0 Å². The van der Waals surface area contributed by atoms with Gasteiger partial charge in [-0.1, -0.05) is 13.8 Å². The highest BCUT2D eigenvalue weighted by Crippen LogP contribution is 2.70. The number of fused-ring (bicyclic) bond motifs is 5. The molecule has 39 heavy (non-hydrogen) atoms. The molecule has 0 aromatic carbocycles. The van der Waals surface area contributed by atoms with E-state index in [9.17, 15) is 19.8 Å². The first-order chi connectivity index (χ1) is 18.6. The molecule has 8 heteroatoms. The zero-order valence-corrected chi connectivity index (χ0v) is 23.7. The Labute approximate surface area is 231 Å². The first kappa shape index (κ1) is 27.3. The molecular weight excluding hydrogens is 494 g/mol. The molecule has 2 unspecified atom stereocenters. The second kappa shape index (κ2) is 10.2. The van der Waals surface area contributed by atoms with Crippen molar-refractivity contribution in [3.63, 3.8) is 0 Å². The number of nitrogens with zero attached hydrogens (tertiary/aromatic N) is 1. The molecule has 9 atom stereocenters. The molecule has 1 saturated heterocycles. The van der Waals surface area contributed by atoms with Crippen LogP contribution < -0.4 is 16.3 Å². The van der Waals surface area contributed by atoms with E-state index in [1.165, 1.54) is 6.07 Å². The van der Waals surface area contributed by atoms with Crippen molar-refractivity contribution in [1.82, 2.24) is 15.5 Å². The summed E-state index contributed by atoms with van der Waals surface area (Å²) in [5, 5.41) is 28.4. The first-order valence-corrected chi connectivity index (χ1v) is 15.4. The summed E-state index contributed by atoms with van der Waals surface area (Å²) in [7, 11) is 0. The highest BCUT2D eigenvalue weighted by atomic mass is 16.4. The molecule has 0 radical (unpaired) electrons. The molecule has 4 N–H and O–H groups in total. The summed E-state index contributed by atoms with van der Waals surface area (Å²) in [6.07, 6.45) is 11.3. The Balaban J connectivity index is 1.07. The summed E-state index contributed by atoms with van der Waals surface area (Å²) in [6.45, 7) is 7.73. The first-order valence-electron chi connectivity index (χ1n) is 15.4. The molecule has 1 aromatic heterocycles. The van der Waals surface area contributed by atoms with Crippen LogP contribution in [0.5, 0.6) is 0 Å².